The van der Waals surface area contributed by atoms with Crippen LogP contribution in [0.1, 0.15) is 23.1 Å². The molecule has 1 N–H and O–H groups in total. The second-order valence-corrected chi connectivity index (χ2v) is 9.56. The maximum atomic E-state index is 12.6. The largest absolute Gasteiger partial charge is 0.462 e. The number of nitrogens with zero attached hydrogens (tertiary/aromatic N) is 3. The number of carbonyl (C=O) groups is 2. The highest BCUT2D eigenvalue weighted by atomic mass is 32.2. The van der Waals surface area contributed by atoms with Crippen LogP contribution in [0.5, 0.6) is 0 Å². The molecular weight excluding hydrogens is 452 g/mol. The second-order valence-electron chi connectivity index (χ2n) is 6.63. The summed E-state index contributed by atoms with van der Waals surface area (Å²) in [5, 5.41) is 11.1. The summed E-state index contributed by atoms with van der Waals surface area (Å²) in [7, 11) is -1.92. The van der Waals surface area contributed by atoms with Crippen molar-refractivity contribution >= 4 is 39.2 Å². The van der Waals surface area contributed by atoms with Crippen molar-refractivity contribution in [1.82, 2.24) is 14.8 Å². The number of aromatic nitrogens is 3. The summed E-state index contributed by atoms with van der Waals surface area (Å²) >= 11 is 1.11. The number of thioether (sulfide) groups is 1. The molecule has 0 saturated heterocycles. The number of benzene rings is 2. The molecular formula is C21H22N4O5S2. The Morgan fingerprint density at radius 3 is 2.47 bits per heavy atom. The Morgan fingerprint density at radius 2 is 1.75 bits per heavy atom. The molecule has 0 aliphatic heterocycles. The van der Waals surface area contributed by atoms with E-state index < -0.39 is 15.8 Å². The third-order valence-electron chi connectivity index (χ3n) is 4.38. The molecule has 0 saturated carbocycles. The van der Waals surface area contributed by atoms with Gasteiger partial charge in [-0.3, -0.25) is 4.79 Å². The van der Waals surface area contributed by atoms with E-state index in [-0.39, 0.29) is 40.3 Å². The summed E-state index contributed by atoms with van der Waals surface area (Å²) in [4.78, 5) is 24.7. The number of anilines is 1. The topological polar surface area (TPSA) is 120 Å². The fourth-order valence-corrected chi connectivity index (χ4v) is 4.83. The molecule has 0 aliphatic rings. The molecule has 0 fully saturated rings. The molecule has 1 aromatic heterocycles. The van der Waals surface area contributed by atoms with E-state index >= 15 is 0 Å². The predicted octanol–water partition coefficient (Wildman–Crippen LogP) is 2.70. The van der Waals surface area contributed by atoms with E-state index in [1.165, 1.54) is 12.1 Å². The Balaban J connectivity index is 1.63. The Labute approximate surface area is 190 Å². The first kappa shape index (κ1) is 23.5. The van der Waals surface area contributed by atoms with Crippen LogP contribution in [0.3, 0.4) is 0 Å². The molecule has 3 aromatic rings. The van der Waals surface area contributed by atoms with Crippen molar-refractivity contribution in [2.75, 3.05) is 17.7 Å². The molecule has 3 rings (SSSR count). The molecule has 168 valence electrons. The Bertz CT molecular complexity index is 1210. The van der Waals surface area contributed by atoms with Crippen LogP contribution in [-0.2, 0) is 32.2 Å². The van der Waals surface area contributed by atoms with E-state index in [4.69, 9.17) is 4.74 Å². The summed E-state index contributed by atoms with van der Waals surface area (Å²) in [6.45, 7) is 1.93. The molecule has 0 bridgehead atoms. The van der Waals surface area contributed by atoms with Gasteiger partial charge in [0.2, 0.25) is 5.91 Å². The zero-order chi connectivity index (χ0) is 23.1. The van der Waals surface area contributed by atoms with Crippen molar-refractivity contribution in [2.24, 2.45) is 7.05 Å². The number of carbonyl (C=O) groups excluding carboxylic acids is 2. The van der Waals surface area contributed by atoms with E-state index in [0.29, 0.717) is 10.8 Å². The predicted molar refractivity (Wildman–Crippen MR) is 120 cm³/mol. The lowest BCUT2D eigenvalue weighted by molar-refractivity contribution is -0.113. The number of para-hydroxylation sites is 1. The second kappa shape index (κ2) is 10.4. The fraction of sp³-hybridized carbons (Fsp3) is 0.238. The van der Waals surface area contributed by atoms with Crippen LogP contribution in [0, 0.1) is 0 Å². The number of rotatable bonds is 9. The van der Waals surface area contributed by atoms with Gasteiger partial charge in [0.15, 0.2) is 15.0 Å². The van der Waals surface area contributed by atoms with Gasteiger partial charge in [0.05, 0.1) is 28.5 Å². The minimum absolute atomic E-state index is 0.00539. The van der Waals surface area contributed by atoms with Crippen LogP contribution < -0.4 is 5.32 Å². The number of amides is 1. The van der Waals surface area contributed by atoms with Crippen molar-refractivity contribution in [1.29, 1.82) is 0 Å². The summed E-state index contributed by atoms with van der Waals surface area (Å²) in [5.74, 6) is -0.916. The zero-order valence-electron chi connectivity index (χ0n) is 17.5. The molecule has 1 amide bonds. The molecule has 9 nitrogen and oxygen atoms in total. The highest BCUT2D eigenvalue weighted by molar-refractivity contribution is 7.99. The summed E-state index contributed by atoms with van der Waals surface area (Å²) < 4.78 is 31.7. The molecule has 11 heteroatoms. The van der Waals surface area contributed by atoms with E-state index in [9.17, 15) is 18.0 Å². The lowest BCUT2D eigenvalue weighted by Crippen LogP contribution is -2.17. The number of esters is 1. The molecule has 32 heavy (non-hydrogen) atoms. The van der Waals surface area contributed by atoms with Crippen molar-refractivity contribution in [3.8, 4) is 0 Å². The molecule has 1 heterocycles. The quantitative estimate of drug-likeness (QED) is 0.371. The van der Waals surface area contributed by atoms with Gasteiger partial charge in [0.25, 0.3) is 0 Å². The first-order valence-corrected chi connectivity index (χ1v) is 12.3. The summed E-state index contributed by atoms with van der Waals surface area (Å²) in [5.41, 5.74) is 0.615. The minimum atomic E-state index is -3.57. The fourth-order valence-electron chi connectivity index (χ4n) is 2.77. The van der Waals surface area contributed by atoms with Gasteiger partial charge in [-0.05, 0) is 31.2 Å². The standard InChI is InChI=1S/C21H22N4O5S2/c1-3-30-20(27)16-11-7-8-12-17(16)22-19(26)13-31-21-24-23-18(25(21)2)14-32(28,29)15-9-5-4-6-10-15/h4-12H,3,13-14H2,1-2H3,(H,22,26). The third kappa shape index (κ3) is 5.74. The molecule has 0 aliphatic carbocycles. The van der Waals surface area contributed by atoms with Crippen LogP contribution in [0.25, 0.3) is 0 Å². The normalized spacial score (nSPS) is 11.2. The van der Waals surface area contributed by atoms with Gasteiger partial charge < -0.3 is 14.6 Å². The molecule has 0 radical (unpaired) electrons. The maximum Gasteiger partial charge on any atom is 0.340 e. The number of hydrogen-bond acceptors (Lipinski definition) is 8. The highest BCUT2D eigenvalue weighted by Gasteiger charge is 2.21. The van der Waals surface area contributed by atoms with E-state index in [1.54, 1.807) is 61.0 Å². The minimum Gasteiger partial charge on any atom is -0.462 e. The SMILES string of the molecule is CCOC(=O)c1ccccc1NC(=O)CSc1nnc(CS(=O)(=O)c2ccccc2)n1C. The lowest BCUT2D eigenvalue weighted by atomic mass is 10.2. The average Bonchev–Trinajstić information content (AvgIpc) is 3.12. The maximum absolute atomic E-state index is 12.6. The van der Waals surface area contributed by atoms with Crippen molar-refractivity contribution in [2.45, 2.75) is 22.7 Å². The van der Waals surface area contributed by atoms with E-state index in [1.807, 2.05) is 0 Å². The molecule has 0 spiro atoms. The van der Waals surface area contributed by atoms with Gasteiger partial charge in [0, 0.05) is 7.05 Å². The van der Waals surface area contributed by atoms with Gasteiger partial charge in [-0.1, -0.05) is 42.1 Å². The molecule has 0 unspecified atom stereocenters. The third-order valence-corrected chi connectivity index (χ3v) is 7.02. The summed E-state index contributed by atoms with van der Waals surface area (Å²) in [6.07, 6.45) is 0. The first-order valence-electron chi connectivity index (χ1n) is 9.66. The number of sulfone groups is 1. The molecule has 0 atom stereocenters. The van der Waals surface area contributed by atoms with Crippen LogP contribution in [0.4, 0.5) is 5.69 Å². The van der Waals surface area contributed by atoms with Gasteiger partial charge in [-0.25, -0.2) is 13.2 Å². The van der Waals surface area contributed by atoms with Gasteiger partial charge in [-0.2, -0.15) is 0 Å². The average molecular weight is 475 g/mol. The van der Waals surface area contributed by atoms with Crippen molar-refractivity contribution in [3.63, 3.8) is 0 Å². The van der Waals surface area contributed by atoms with Gasteiger partial charge in [0.1, 0.15) is 11.6 Å². The van der Waals surface area contributed by atoms with Crippen LogP contribution in [0.2, 0.25) is 0 Å². The van der Waals surface area contributed by atoms with E-state index in [0.717, 1.165) is 11.8 Å². The van der Waals surface area contributed by atoms with Crippen LogP contribution >= 0.6 is 11.8 Å². The zero-order valence-corrected chi connectivity index (χ0v) is 19.1. The first-order chi connectivity index (χ1) is 15.3. The Kier molecular flexibility index (Phi) is 7.65. The lowest BCUT2D eigenvalue weighted by Gasteiger charge is -2.10. The monoisotopic (exact) mass is 474 g/mol. The van der Waals surface area contributed by atoms with Gasteiger partial charge >= 0.3 is 5.97 Å². The highest BCUT2D eigenvalue weighted by Crippen LogP contribution is 2.21. The Morgan fingerprint density at radius 1 is 1.06 bits per heavy atom. The van der Waals surface area contributed by atoms with E-state index in [2.05, 4.69) is 15.5 Å². The Hall–Kier alpha value is -3.18. The smallest absolute Gasteiger partial charge is 0.340 e. The number of hydrogen-bond donors (Lipinski definition) is 1. The van der Waals surface area contributed by atoms with Gasteiger partial charge in [-0.15, -0.1) is 10.2 Å². The van der Waals surface area contributed by atoms with Crippen molar-refractivity contribution < 1.29 is 22.7 Å². The van der Waals surface area contributed by atoms with Crippen LogP contribution in [-0.4, -0.2) is 47.4 Å². The molecule has 2 aromatic carbocycles. The number of ether oxygens (including phenoxy) is 1. The summed E-state index contributed by atoms with van der Waals surface area (Å²) in [6, 6.07) is 14.7. The van der Waals surface area contributed by atoms with Crippen LogP contribution in [0.15, 0.2) is 64.6 Å². The number of nitrogens with one attached hydrogen (secondary N) is 1. The van der Waals surface area contributed by atoms with Crippen molar-refractivity contribution in [3.05, 3.63) is 66.0 Å².